The van der Waals surface area contributed by atoms with Crippen molar-refractivity contribution in [2.75, 3.05) is 6.61 Å². The molecule has 0 heterocycles. The van der Waals surface area contributed by atoms with Crippen molar-refractivity contribution in [2.24, 2.45) is 0 Å². The highest BCUT2D eigenvalue weighted by Crippen LogP contribution is 2.30. The maximum absolute atomic E-state index is 14.0. The number of ether oxygens (including phenoxy) is 1. The highest BCUT2D eigenvalue weighted by molar-refractivity contribution is 7.89. The van der Waals surface area contributed by atoms with Crippen LogP contribution in [0.2, 0.25) is 0 Å². The Hall–Kier alpha value is -3.03. The van der Waals surface area contributed by atoms with Crippen LogP contribution < -0.4 is 15.6 Å². The van der Waals surface area contributed by atoms with E-state index < -0.39 is 56.6 Å². The molecule has 174 valence electrons. The van der Waals surface area contributed by atoms with Gasteiger partial charge in [0.1, 0.15) is 5.82 Å². The third-order valence-corrected chi connectivity index (χ3v) is 5.39. The Morgan fingerprint density at radius 3 is 2.16 bits per heavy atom. The van der Waals surface area contributed by atoms with Crippen LogP contribution in [0, 0.1) is 12.7 Å². The lowest BCUT2D eigenvalue weighted by atomic mass is 10.1. The lowest BCUT2D eigenvalue weighted by Gasteiger charge is -2.34. The molecule has 32 heavy (non-hydrogen) atoms. The van der Waals surface area contributed by atoms with Crippen molar-refractivity contribution in [3.05, 3.63) is 65.5 Å². The lowest BCUT2D eigenvalue weighted by Crippen LogP contribution is -2.75. The van der Waals surface area contributed by atoms with Gasteiger partial charge in [0.2, 0.25) is 0 Å². The Morgan fingerprint density at radius 1 is 1.03 bits per heavy atom. The molecule has 0 aliphatic rings. The number of aryl methyl sites for hydroxylation is 1. The number of carbonyl (C=O) groups is 2. The van der Waals surface area contributed by atoms with E-state index in [1.54, 1.807) is 6.92 Å². The molecule has 1 atom stereocenters. The number of benzene rings is 2. The standard InChI is InChI=1S/C19H19F4N3O5S/c1-3-31-17(28)18(19(21,22)23,24-16(27)14-6-4-5-7-15(14)20)25-26-32(29,30)13-10-8-12(2)9-11-13/h4-11,25-26H,3H2,1-2H3,(H,24,27). The second-order valence-electron chi connectivity index (χ2n) is 6.45. The third kappa shape index (κ3) is 5.41. The average Bonchev–Trinajstić information content (AvgIpc) is 2.71. The van der Waals surface area contributed by atoms with Gasteiger partial charge in [-0.1, -0.05) is 29.8 Å². The van der Waals surface area contributed by atoms with Gasteiger partial charge in [0.25, 0.3) is 15.9 Å². The summed E-state index contributed by atoms with van der Waals surface area (Å²) in [6.45, 7) is 2.34. The Kier molecular flexibility index (Phi) is 7.59. The van der Waals surface area contributed by atoms with Crippen LogP contribution in [-0.2, 0) is 19.6 Å². The van der Waals surface area contributed by atoms with Crippen LogP contribution in [0.15, 0.2) is 53.4 Å². The number of nitrogens with one attached hydrogen (secondary N) is 3. The first-order valence-electron chi connectivity index (χ1n) is 9.00. The summed E-state index contributed by atoms with van der Waals surface area (Å²) >= 11 is 0. The van der Waals surface area contributed by atoms with Gasteiger partial charge < -0.3 is 10.1 Å². The molecule has 0 aromatic heterocycles. The first-order chi connectivity index (χ1) is 14.8. The summed E-state index contributed by atoms with van der Waals surface area (Å²) in [5.41, 5.74) is -2.86. The highest BCUT2D eigenvalue weighted by Gasteiger charge is 2.64. The summed E-state index contributed by atoms with van der Waals surface area (Å²) in [6, 6.07) is 9.13. The van der Waals surface area contributed by atoms with E-state index >= 15 is 0 Å². The third-order valence-electron chi connectivity index (χ3n) is 4.13. The zero-order chi connectivity index (χ0) is 24.2. The molecule has 0 spiro atoms. The Bertz CT molecular complexity index is 1090. The first kappa shape index (κ1) is 25.2. The van der Waals surface area contributed by atoms with Gasteiger partial charge in [-0.15, -0.1) is 4.83 Å². The van der Waals surface area contributed by atoms with Gasteiger partial charge >= 0.3 is 17.8 Å². The number of rotatable bonds is 8. The molecule has 2 aromatic rings. The normalized spacial score (nSPS) is 13.8. The van der Waals surface area contributed by atoms with Gasteiger partial charge in [-0.05, 0) is 38.1 Å². The first-order valence-corrected chi connectivity index (χ1v) is 10.5. The number of halogens is 4. The Balaban J connectivity index is 2.47. The van der Waals surface area contributed by atoms with Gasteiger partial charge in [-0.2, -0.15) is 13.2 Å². The van der Waals surface area contributed by atoms with Crippen molar-refractivity contribution < 1.29 is 40.3 Å². The second kappa shape index (κ2) is 9.63. The van der Waals surface area contributed by atoms with E-state index in [4.69, 9.17) is 0 Å². The van der Waals surface area contributed by atoms with Crippen LogP contribution in [0.25, 0.3) is 0 Å². The topological polar surface area (TPSA) is 114 Å². The summed E-state index contributed by atoms with van der Waals surface area (Å²) in [4.78, 5) is 25.7. The van der Waals surface area contributed by atoms with Crippen LogP contribution in [0.1, 0.15) is 22.8 Å². The Morgan fingerprint density at radius 2 is 1.62 bits per heavy atom. The van der Waals surface area contributed by atoms with E-state index in [9.17, 15) is 35.6 Å². The molecule has 0 saturated heterocycles. The average molecular weight is 477 g/mol. The second-order valence-corrected chi connectivity index (χ2v) is 8.13. The molecule has 0 aliphatic heterocycles. The quantitative estimate of drug-likeness (QED) is 0.233. The van der Waals surface area contributed by atoms with E-state index in [-0.39, 0.29) is 0 Å². The number of esters is 1. The number of hydrogen-bond donors (Lipinski definition) is 3. The van der Waals surface area contributed by atoms with Crippen LogP contribution in [0.4, 0.5) is 17.6 Å². The zero-order valence-electron chi connectivity index (χ0n) is 16.8. The molecule has 8 nitrogen and oxygen atoms in total. The van der Waals surface area contributed by atoms with Gasteiger partial charge in [-0.25, -0.2) is 23.0 Å². The Labute approximate surface area is 181 Å². The summed E-state index contributed by atoms with van der Waals surface area (Å²) < 4.78 is 85.4. The minimum atomic E-state index is -5.62. The highest BCUT2D eigenvalue weighted by atomic mass is 32.2. The molecule has 0 fully saturated rings. The van der Waals surface area contributed by atoms with Crippen molar-refractivity contribution in [3.63, 3.8) is 0 Å². The maximum atomic E-state index is 14.0. The number of carbonyl (C=O) groups excluding carboxylic acids is 2. The lowest BCUT2D eigenvalue weighted by molar-refractivity contribution is -0.219. The molecule has 2 rings (SSSR count). The van der Waals surface area contributed by atoms with Gasteiger partial charge in [0.15, 0.2) is 0 Å². The number of hydrazine groups is 1. The molecule has 1 unspecified atom stereocenters. The number of alkyl halides is 3. The molecule has 0 radical (unpaired) electrons. The molecule has 13 heteroatoms. The SMILES string of the molecule is CCOC(=O)C(NNS(=O)(=O)c1ccc(C)cc1)(NC(=O)c1ccccc1F)C(F)(F)F. The van der Waals surface area contributed by atoms with E-state index in [1.165, 1.54) is 46.8 Å². The van der Waals surface area contributed by atoms with Crippen LogP contribution >= 0.6 is 0 Å². The molecule has 0 aliphatic carbocycles. The van der Waals surface area contributed by atoms with Crippen LogP contribution in [0.5, 0.6) is 0 Å². The zero-order valence-corrected chi connectivity index (χ0v) is 17.6. The molecular weight excluding hydrogens is 458 g/mol. The van der Waals surface area contributed by atoms with Crippen molar-refractivity contribution in [3.8, 4) is 0 Å². The minimum Gasteiger partial charge on any atom is -0.463 e. The fourth-order valence-corrected chi connectivity index (χ4v) is 3.33. The summed E-state index contributed by atoms with van der Waals surface area (Å²) in [5.74, 6) is -4.87. The van der Waals surface area contributed by atoms with Gasteiger partial charge in [0.05, 0.1) is 17.1 Å². The predicted molar refractivity (Wildman–Crippen MR) is 104 cm³/mol. The summed E-state index contributed by atoms with van der Waals surface area (Å²) in [7, 11) is -4.62. The summed E-state index contributed by atoms with van der Waals surface area (Å²) in [5, 5.41) is 1.33. The minimum absolute atomic E-state index is 0.420. The van der Waals surface area contributed by atoms with Gasteiger partial charge in [0, 0.05) is 0 Å². The fraction of sp³-hybridized carbons (Fsp3) is 0.263. The molecule has 2 aromatic carbocycles. The van der Waals surface area contributed by atoms with Gasteiger partial charge in [-0.3, -0.25) is 4.79 Å². The molecular formula is C19H19F4N3O5S. The fourth-order valence-electron chi connectivity index (χ4n) is 2.43. The molecule has 1 amide bonds. The smallest absolute Gasteiger partial charge is 0.437 e. The van der Waals surface area contributed by atoms with E-state index in [0.717, 1.165) is 24.3 Å². The van der Waals surface area contributed by atoms with Crippen molar-refractivity contribution in [2.45, 2.75) is 30.6 Å². The molecule has 0 saturated carbocycles. The van der Waals surface area contributed by atoms with Crippen molar-refractivity contribution >= 4 is 21.9 Å². The predicted octanol–water partition coefficient (Wildman–Crippen LogP) is 2.17. The number of amides is 1. The number of sulfonamides is 1. The molecule has 0 bridgehead atoms. The molecule has 3 N–H and O–H groups in total. The number of hydrogen-bond acceptors (Lipinski definition) is 6. The van der Waals surface area contributed by atoms with Crippen LogP contribution in [-0.4, -0.2) is 38.7 Å². The maximum Gasteiger partial charge on any atom is 0.437 e. The van der Waals surface area contributed by atoms with E-state index in [1.807, 2.05) is 0 Å². The van der Waals surface area contributed by atoms with E-state index in [0.29, 0.717) is 5.56 Å². The van der Waals surface area contributed by atoms with E-state index in [2.05, 4.69) is 4.74 Å². The largest absolute Gasteiger partial charge is 0.463 e. The summed E-state index contributed by atoms with van der Waals surface area (Å²) in [6.07, 6.45) is -5.62. The van der Waals surface area contributed by atoms with Crippen molar-refractivity contribution in [1.82, 2.24) is 15.6 Å². The monoisotopic (exact) mass is 477 g/mol. The van der Waals surface area contributed by atoms with Crippen molar-refractivity contribution in [1.29, 1.82) is 0 Å². The van der Waals surface area contributed by atoms with Crippen LogP contribution in [0.3, 0.4) is 0 Å².